The maximum Gasteiger partial charge on any atom is 0.257 e. The van der Waals surface area contributed by atoms with Gasteiger partial charge in [0, 0.05) is 19.3 Å². The zero-order chi connectivity index (χ0) is 14.5. The van der Waals surface area contributed by atoms with Crippen molar-refractivity contribution < 1.29 is 13.9 Å². The normalized spacial score (nSPS) is 9.95. The number of nitrogens with one attached hydrogen (secondary N) is 2. The van der Waals surface area contributed by atoms with Gasteiger partial charge in [-0.2, -0.15) is 0 Å². The minimum Gasteiger partial charge on any atom is -0.497 e. The Labute approximate surface area is 115 Å². The summed E-state index contributed by atoms with van der Waals surface area (Å²) in [6.07, 6.45) is 1.42. The molecule has 2 N–H and O–H groups in total. The Hall–Kier alpha value is -2.63. The number of aromatic nitrogens is 1. The molecule has 6 heteroatoms. The Bertz CT molecular complexity index is 614. The standard InChI is InChI=1S/C14H14FN3O2/c1-16-13-6-3-9(8-17-13)14(19)18-12-7-10(20-2)4-5-11(12)15/h3-8H,1-2H3,(H,16,17)(H,18,19). The molecule has 0 fully saturated rings. The number of hydrogen-bond acceptors (Lipinski definition) is 4. The predicted molar refractivity (Wildman–Crippen MR) is 74.7 cm³/mol. The second-order valence-electron chi connectivity index (χ2n) is 3.98. The van der Waals surface area contributed by atoms with Crippen LogP contribution in [0.1, 0.15) is 10.4 Å². The SMILES string of the molecule is CNc1ccc(C(=O)Nc2cc(OC)ccc2F)cn1. The number of pyridine rings is 1. The molecular weight excluding hydrogens is 261 g/mol. The van der Waals surface area contributed by atoms with Gasteiger partial charge in [0.05, 0.1) is 18.4 Å². The summed E-state index contributed by atoms with van der Waals surface area (Å²) < 4.78 is 18.6. The number of nitrogens with zero attached hydrogens (tertiary/aromatic N) is 1. The molecule has 1 aromatic heterocycles. The zero-order valence-corrected chi connectivity index (χ0v) is 11.1. The van der Waals surface area contributed by atoms with Gasteiger partial charge in [0.15, 0.2) is 0 Å². The molecule has 0 unspecified atom stereocenters. The number of carbonyl (C=O) groups is 1. The van der Waals surface area contributed by atoms with Gasteiger partial charge < -0.3 is 15.4 Å². The van der Waals surface area contributed by atoms with Crippen molar-refractivity contribution in [1.29, 1.82) is 0 Å². The highest BCUT2D eigenvalue weighted by atomic mass is 19.1. The topological polar surface area (TPSA) is 63.2 Å². The minimum absolute atomic E-state index is 0.0621. The van der Waals surface area contributed by atoms with Crippen LogP contribution < -0.4 is 15.4 Å². The molecule has 0 saturated carbocycles. The lowest BCUT2D eigenvalue weighted by Gasteiger charge is -2.08. The molecule has 1 amide bonds. The molecule has 0 atom stereocenters. The average Bonchev–Trinajstić information content (AvgIpc) is 2.49. The average molecular weight is 275 g/mol. The van der Waals surface area contributed by atoms with Crippen molar-refractivity contribution in [3.05, 3.63) is 47.9 Å². The van der Waals surface area contributed by atoms with E-state index in [0.717, 1.165) is 0 Å². The summed E-state index contributed by atoms with van der Waals surface area (Å²) in [4.78, 5) is 16.0. The third kappa shape index (κ3) is 3.03. The van der Waals surface area contributed by atoms with Crippen molar-refractivity contribution in [2.24, 2.45) is 0 Å². The molecule has 1 heterocycles. The lowest BCUT2D eigenvalue weighted by molar-refractivity contribution is 0.102. The number of anilines is 2. The van der Waals surface area contributed by atoms with Crippen molar-refractivity contribution >= 4 is 17.4 Å². The number of halogens is 1. The highest BCUT2D eigenvalue weighted by molar-refractivity contribution is 6.04. The van der Waals surface area contributed by atoms with Gasteiger partial charge in [-0.05, 0) is 24.3 Å². The first kappa shape index (κ1) is 13.8. The maximum atomic E-state index is 13.6. The summed E-state index contributed by atoms with van der Waals surface area (Å²) in [6.45, 7) is 0. The van der Waals surface area contributed by atoms with E-state index in [1.165, 1.54) is 31.5 Å². The Kier molecular flexibility index (Phi) is 4.14. The molecule has 2 rings (SSSR count). The lowest BCUT2D eigenvalue weighted by atomic mass is 10.2. The number of benzene rings is 1. The molecule has 1 aromatic carbocycles. The summed E-state index contributed by atoms with van der Waals surface area (Å²) in [5, 5.41) is 5.33. The third-order valence-corrected chi connectivity index (χ3v) is 2.70. The first-order chi connectivity index (χ1) is 9.63. The van der Waals surface area contributed by atoms with E-state index in [0.29, 0.717) is 17.1 Å². The second kappa shape index (κ2) is 6.01. The van der Waals surface area contributed by atoms with Crippen LogP contribution >= 0.6 is 0 Å². The molecule has 0 spiro atoms. The molecule has 5 nitrogen and oxygen atoms in total. The van der Waals surface area contributed by atoms with Crippen LogP contribution in [-0.2, 0) is 0 Å². The van der Waals surface area contributed by atoms with Gasteiger partial charge >= 0.3 is 0 Å². The van der Waals surface area contributed by atoms with Crippen molar-refractivity contribution in [2.45, 2.75) is 0 Å². The second-order valence-corrected chi connectivity index (χ2v) is 3.98. The fourth-order valence-electron chi connectivity index (χ4n) is 1.60. The number of carbonyl (C=O) groups excluding carboxylic acids is 1. The quantitative estimate of drug-likeness (QED) is 0.900. The molecule has 0 radical (unpaired) electrons. The van der Waals surface area contributed by atoms with E-state index < -0.39 is 11.7 Å². The van der Waals surface area contributed by atoms with Crippen molar-refractivity contribution in [3.8, 4) is 5.75 Å². The minimum atomic E-state index is -0.529. The summed E-state index contributed by atoms with van der Waals surface area (Å²) in [5.41, 5.74) is 0.401. The Morgan fingerprint density at radius 2 is 2.10 bits per heavy atom. The zero-order valence-electron chi connectivity index (χ0n) is 11.1. The van der Waals surface area contributed by atoms with E-state index in [4.69, 9.17) is 4.74 Å². The maximum absolute atomic E-state index is 13.6. The first-order valence-electron chi connectivity index (χ1n) is 5.92. The van der Waals surface area contributed by atoms with E-state index in [9.17, 15) is 9.18 Å². The van der Waals surface area contributed by atoms with Crippen molar-refractivity contribution in [1.82, 2.24) is 4.98 Å². The van der Waals surface area contributed by atoms with Gasteiger partial charge in [-0.15, -0.1) is 0 Å². The van der Waals surface area contributed by atoms with Crippen LogP contribution in [-0.4, -0.2) is 25.0 Å². The molecule has 0 saturated heterocycles. The number of methoxy groups -OCH3 is 1. The molecule has 0 aliphatic carbocycles. The lowest BCUT2D eigenvalue weighted by Crippen LogP contribution is -2.13. The molecule has 20 heavy (non-hydrogen) atoms. The van der Waals surface area contributed by atoms with Crippen LogP contribution in [0.15, 0.2) is 36.5 Å². The molecule has 2 aromatic rings. The smallest absolute Gasteiger partial charge is 0.257 e. The van der Waals surface area contributed by atoms with Crippen LogP contribution in [0.5, 0.6) is 5.75 Å². The molecule has 0 aliphatic rings. The number of amides is 1. The monoisotopic (exact) mass is 275 g/mol. The highest BCUT2D eigenvalue weighted by Crippen LogP contribution is 2.21. The number of rotatable bonds is 4. The Morgan fingerprint density at radius 1 is 1.30 bits per heavy atom. The van der Waals surface area contributed by atoms with Gasteiger partial charge in [-0.1, -0.05) is 0 Å². The first-order valence-corrected chi connectivity index (χ1v) is 5.92. The van der Waals surface area contributed by atoms with Crippen molar-refractivity contribution in [3.63, 3.8) is 0 Å². The summed E-state index contributed by atoms with van der Waals surface area (Å²) in [5.74, 6) is 0.144. The van der Waals surface area contributed by atoms with Crippen LogP contribution in [0, 0.1) is 5.82 Å². The summed E-state index contributed by atoms with van der Waals surface area (Å²) in [7, 11) is 3.20. The van der Waals surface area contributed by atoms with Gasteiger partial charge in [-0.3, -0.25) is 4.79 Å². The molecular formula is C14H14FN3O2. The van der Waals surface area contributed by atoms with Gasteiger partial charge in [0.25, 0.3) is 5.91 Å². The summed E-state index contributed by atoms with van der Waals surface area (Å²) in [6, 6.07) is 7.40. The van der Waals surface area contributed by atoms with E-state index >= 15 is 0 Å². The van der Waals surface area contributed by atoms with E-state index in [-0.39, 0.29) is 5.69 Å². The largest absolute Gasteiger partial charge is 0.497 e. The van der Waals surface area contributed by atoms with Crippen LogP contribution in [0.25, 0.3) is 0 Å². The number of hydrogen-bond donors (Lipinski definition) is 2. The predicted octanol–water partition coefficient (Wildman–Crippen LogP) is 2.52. The highest BCUT2D eigenvalue weighted by Gasteiger charge is 2.10. The van der Waals surface area contributed by atoms with E-state index in [1.807, 2.05) is 0 Å². The van der Waals surface area contributed by atoms with Crippen LogP contribution in [0.3, 0.4) is 0 Å². The summed E-state index contributed by atoms with van der Waals surface area (Å²) >= 11 is 0. The molecule has 0 aliphatic heterocycles. The third-order valence-electron chi connectivity index (χ3n) is 2.70. The Morgan fingerprint density at radius 3 is 2.70 bits per heavy atom. The fraction of sp³-hybridized carbons (Fsp3) is 0.143. The Balaban J connectivity index is 2.18. The van der Waals surface area contributed by atoms with Gasteiger partial charge in [0.1, 0.15) is 17.4 Å². The van der Waals surface area contributed by atoms with Gasteiger partial charge in [0.2, 0.25) is 0 Å². The van der Waals surface area contributed by atoms with E-state index in [2.05, 4.69) is 15.6 Å². The van der Waals surface area contributed by atoms with Crippen LogP contribution in [0.4, 0.5) is 15.9 Å². The van der Waals surface area contributed by atoms with Crippen molar-refractivity contribution in [2.75, 3.05) is 24.8 Å². The molecule has 0 bridgehead atoms. The molecule has 104 valence electrons. The fourth-order valence-corrected chi connectivity index (χ4v) is 1.60. The number of ether oxygens (including phenoxy) is 1. The van der Waals surface area contributed by atoms with Crippen LogP contribution in [0.2, 0.25) is 0 Å². The van der Waals surface area contributed by atoms with E-state index in [1.54, 1.807) is 19.2 Å². The van der Waals surface area contributed by atoms with Gasteiger partial charge in [-0.25, -0.2) is 9.37 Å².